The Labute approximate surface area is 141 Å². The number of carbonyl (C=O) groups excluding carboxylic acids is 2. The number of carbonyl (C=O) groups is 3. The average Bonchev–Trinajstić information content (AvgIpc) is 3.12. The Balaban J connectivity index is 2.03. The quantitative estimate of drug-likeness (QED) is 0.757. The van der Waals surface area contributed by atoms with E-state index in [1.54, 1.807) is 23.6 Å². The Hall–Kier alpha value is -2.09. The number of ether oxygens (including phenoxy) is 1. The molecule has 1 N–H and O–H groups in total. The molecule has 0 aromatic rings. The fourth-order valence-electron chi connectivity index (χ4n) is 3.42. The molecule has 0 aromatic carbocycles. The van der Waals surface area contributed by atoms with E-state index >= 15 is 0 Å². The lowest BCUT2D eigenvalue weighted by Crippen LogP contribution is -2.51. The summed E-state index contributed by atoms with van der Waals surface area (Å²) >= 11 is 0. The number of hydrogen-bond donors (Lipinski definition) is 1. The predicted octanol–water partition coefficient (Wildman–Crippen LogP) is 0.594. The van der Waals surface area contributed by atoms with Gasteiger partial charge in [-0.25, -0.2) is 9.59 Å². The summed E-state index contributed by atoms with van der Waals surface area (Å²) in [5, 5.41) is 9.34. The average molecular weight is 339 g/mol. The number of carboxylic acids is 1. The van der Waals surface area contributed by atoms with Crippen molar-refractivity contribution in [2.45, 2.75) is 31.9 Å². The highest BCUT2D eigenvalue weighted by Gasteiger charge is 2.48. The molecule has 24 heavy (non-hydrogen) atoms. The standard InChI is InChI=1S/C16H25N3O5/c1-5-12(20)19-9-16(24-10-19)6-7-18(8-16)15(23)17(4)13(11(2)3)14(21)22/h5,11,13H,1,6-10H2,2-4H3,(H,21,22)/t13-,16+/m0/s1. The van der Waals surface area contributed by atoms with E-state index in [-0.39, 0.29) is 24.6 Å². The molecule has 134 valence electrons. The zero-order valence-electron chi connectivity index (χ0n) is 14.4. The van der Waals surface area contributed by atoms with E-state index in [0.717, 1.165) is 0 Å². The second kappa shape index (κ2) is 6.80. The molecule has 2 fully saturated rings. The van der Waals surface area contributed by atoms with Crippen LogP contribution in [0, 0.1) is 5.92 Å². The van der Waals surface area contributed by atoms with Crippen LogP contribution in [0.5, 0.6) is 0 Å². The van der Waals surface area contributed by atoms with Gasteiger partial charge in [-0.1, -0.05) is 20.4 Å². The monoisotopic (exact) mass is 339 g/mol. The Morgan fingerprint density at radius 1 is 1.29 bits per heavy atom. The normalized spacial score (nSPS) is 24.5. The van der Waals surface area contributed by atoms with E-state index in [0.29, 0.717) is 26.1 Å². The fraction of sp³-hybridized carbons (Fsp3) is 0.688. The van der Waals surface area contributed by atoms with E-state index in [2.05, 4.69) is 6.58 Å². The first kappa shape index (κ1) is 18.3. The van der Waals surface area contributed by atoms with Crippen LogP contribution < -0.4 is 0 Å². The van der Waals surface area contributed by atoms with E-state index in [9.17, 15) is 19.5 Å². The minimum absolute atomic E-state index is 0.187. The first-order valence-electron chi connectivity index (χ1n) is 8.00. The maximum Gasteiger partial charge on any atom is 0.326 e. The van der Waals surface area contributed by atoms with Gasteiger partial charge in [0.15, 0.2) is 0 Å². The van der Waals surface area contributed by atoms with Crippen LogP contribution in [0.25, 0.3) is 0 Å². The van der Waals surface area contributed by atoms with Crippen molar-refractivity contribution < 1.29 is 24.2 Å². The van der Waals surface area contributed by atoms with Gasteiger partial charge in [-0.2, -0.15) is 0 Å². The van der Waals surface area contributed by atoms with Gasteiger partial charge in [-0.3, -0.25) is 4.79 Å². The molecule has 8 nitrogen and oxygen atoms in total. The van der Waals surface area contributed by atoms with Crippen LogP contribution in [0.3, 0.4) is 0 Å². The molecular weight excluding hydrogens is 314 g/mol. The Morgan fingerprint density at radius 2 is 1.92 bits per heavy atom. The SMILES string of the molecule is C=CC(=O)N1CO[C@@]2(CCN(C(=O)N(C)[C@H](C(=O)O)C(C)C)C2)C1. The number of likely N-dealkylation sites (tertiary alicyclic amines) is 1. The second-order valence-corrected chi connectivity index (χ2v) is 6.79. The molecule has 2 aliphatic rings. The molecule has 0 bridgehead atoms. The number of nitrogens with zero attached hydrogens (tertiary/aromatic N) is 3. The van der Waals surface area contributed by atoms with Gasteiger partial charge in [0.1, 0.15) is 18.4 Å². The molecule has 2 atom stereocenters. The lowest BCUT2D eigenvalue weighted by atomic mass is 10.0. The molecule has 2 aliphatic heterocycles. The maximum absolute atomic E-state index is 12.6. The van der Waals surface area contributed by atoms with Gasteiger partial charge >= 0.3 is 12.0 Å². The summed E-state index contributed by atoms with van der Waals surface area (Å²) < 4.78 is 5.78. The highest BCUT2D eigenvalue weighted by molar-refractivity contribution is 5.87. The topological polar surface area (TPSA) is 90.4 Å². The van der Waals surface area contributed by atoms with E-state index in [1.165, 1.54) is 18.0 Å². The number of hydrogen-bond acceptors (Lipinski definition) is 4. The van der Waals surface area contributed by atoms with Gasteiger partial charge in [-0.05, 0) is 18.4 Å². The van der Waals surface area contributed by atoms with Gasteiger partial charge < -0.3 is 24.5 Å². The summed E-state index contributed by atoms with van der Waals surface area (Å²) in [6.45, 7) is 8.43. The molecule has 0 aliphatic carbocycles. The van der Waals surface area contributed by atoms with Crippen LogP contribution in [0.2, 0.25) is 0 Å². The zero-order chi connectivity index (χ0) is 18.1. The number of urea groups is 1. The van der Waals surface area contributed by atoms with Gasteiger partial charge in [-0.15, -0.1) is 0 Å². The third-order valence-electron chi connectivity index (χ3n) is 4.68. The van der Waals surface area contributed by atoms with Crippen molar-refractivity contribution in [3.63, 3.8) is 0 Å². The van der Waals surface area contributed by atoms with Crippen molar-refractivity contribution in [1.82, 2.24) is 14.7 Å². The van der Waals surface area contributed by atoms with Crippen molar-refractivity contribution >= 4 is 17.9 Å². The van der Waals surface area contributed by atoms with Crippen molar-refractivity contribution in [3.8, 4) is 0 Å². The second-order valence-electron chi connectivity index (χ2n) is 6.79. The highest BCUT2D eigenvalue weighted by Crippen LogP contribution is 2.32. The predicted molar refractivity (Wildman–Crippen MR) is 86.2 cm³/mol. The van der Waals surface area contributed by atoms with E-state index < -0.39 is 17.6 Å². The number of rotatable bonds is 4. The van der Waals surface area contributed by atoms with Gasteiger partial charge in [0.25, 0.3) is 0 Å². The van der Waals surface area contributed by atoms with Crippen LogP contribution in [0.4, 0.5) is 4.79 Å². The van der Waals surface area contributed by atoms with Crippen molar-refractivity contribution in [3.05, 3.63) is 12.7 Å². The summed E-state index contributed by atoms with van der Waals surface area (Å²) in [5.41, 5.74) is -0.564. The Morgan fingerprint density at radius 3 is 2.46 bits per heavy atom. The minimum atomic E-state index is -1.02. The first-order chi connectivity index (χ1) is 11.2. The molecule has 2 rings (SSSR count). The van der Waals surface area contributed by atoms with Crippen LogP contribution in [0.1, 0.15) is 20.3 Å². The minimum Gasteiger partial charge on any atom is -0.480 e. The molecule has 1 spiro atoms. The molecule has 8 heteroatoms. The number of likely N-dealkylation sites (N-methyl/N-ethyl adjacent to an activating group) is 1. The summed E-state index contributed by atoms with van der Waals surface area (Å²) in [4.78, 5) is 40.2. The van der Waals surface area contributed by atoms with Crippen LogP contribution in [-0.2, 0) is 14.3 Å². The number of carboxylic acid groups (broad SMARTS) is 1. The largest absolute Gasteiger partial charge is 0.480 e. The molecule has 0 unspecified atom stereocenters. The van der Waals surface area contributed by atoms with Gasteiger partial charge in [0.05, 0.1) is 13.1 Å². The van der Waals surface area contributed by atoms with Gasteiger partial charge in [0.2, 0.25) is 5.91 Å². The first-order valence-corrected chi connectivity index (χ1v) is 8.00. The van der Waals surface area contributed by atoms with Gasteiger partial charge in [0, 0.05) is 13.6 Å². The number of aliphatic carboxylic acids is 1. The summed E-state index contributed by atoms with van der Waals surface area (Å²) in [6.07, 6.45) is 1.86. The third kappa shape index (κ3) is 3.38. The van der Waals surface area contributed by atoms with Crippen molar-refractivity contribution in [1.29, 1.82) is 0 Å². The fourth-order valence-corrected chi connectivity index (χ4v) is 3.42. The Bertz CT molecular complexity index is 550. The molecule has 2 saturated heterocycles. The zero-order valence-corrected chi connectivity index (χ0v) is 14.4. The van der Waals surface area contributed by atoms with Crippen LogP contribution >= 0.6 is 0 Å². The van der Waals surface area contributed by atoms with Crippen molar-refractivity contribution in [2.75, 3.05) is 33.4 Å². The molecular formula is C16H25N3O5. The molecule has 0 radical (unpaired) electrons. The molecule has 0 aromatic heterocycles. The molecule has 3 amide bonds. The smallest absolute Gasteiger partial charge is 0.326 e. The highest BCUT2D eigenvalue weighted by atomic mass is 16.5. The summed E-state index contributed by atoms with van der Waals surface area (Å²) in [7, 11) is 1.51. The summed E-state index contributed by atoms with van der Waals surface area (Å²) in [6, 6.07) is -1.21. The van der Waals surface area contributed by atoms with Crippen molar-refractivity contribution in [2.24, 2.45) is 5.92 Å². The lowest BCUT2D eigenvalue weighted by Gasteiger charge is -2.32. The van der Waals surface area contributed by atoms with E-state index in [1.807, 2.05) is 0 Å². The number of amides is 3. The molecule has 0 saturated carbocycles. The van der Waals surface area contributed by atoms with Crippen LogP contribution in [-0.4, -0.2) is 82.8 Å². The lowest BCUT2D eigenvalue weighted by molar-refractivity contribution is -0.143. The van der Waals surface area contributed by atoms with E-state index in [4.69, 9.17) is 4.74 Å². The molecule has 2 heterocycles. The van der Waals surface area contributed by atoms with Crippen LogP contribution in [0.15, 0.2) is 12.7 Å². The Kier molecular flexibility index (Phi) is 5.17. The summed E-state index contributed by atoms with van der Waals surface area (Å²) in [5.74, 6) is -1.41. The maximum atomic E-state index is 12.6. The third-order valence-corrected chi connectivity index (χ3v) is 4.68.